The van der Waals surface area contributed by atoms with Crippen molar-refractivity contribution in [3.63, 3.8) is 0 Å². The molecule has 0 aromatic heterocycles. The second-order valence-electron chi connectivity index (χ2n) is 6.29. The first-order chi connectivity index (χ1) is 13.5. The van der Waals surface area contributed by atoms with E-state index in [0.717, 1.165) is 27.2 Å². The number of fused-ring (bicyclic) bond motifs is 1. The van der Waals surface area contributed by atoms with Crippen molar-refractivity contribution in [2.24, 2.45) is 0 Å². The quantitative estimate of drug-likeness (QED) is 0.653. The van der Waals surface area contributed by atoms with E-state index in [1.807, 2.05) is 50.3 Å². The molecule has 0 saturated carbocycles. The Labute approximate surface area is 165 Å². The predicted octanol–water partition coefficient (Wildman–Crippen LogP) is 3.86. The maximum atomic E-state index is 12.5. The van der Waals surface area contributed by atoms with Gasteiger partial charge in [-0.2, -0.15) is 0 Å². The van der Waals surface area contributed by atoms with Crippen molar-refractivity contribution in [1.82, 2.24) is 4.90 Å². The molecule has 1 unspecified atom stereocenters. The molecule has 0 saturated heterocycles. The van der Waals surface area contributed by atoms with Crippen molar-refractivity contribution in [1.29, 1.82) is 0 Å². The number of nitrogens with zero attached hydrogens (tertiary/aromatic N) is 1. The van der Waals surface area contributed by atoms with Crippen LogP contribution in [0.1, 0.15) is 30.9 Å². The third-order valence-electron chi connectivity index (χ3n) is 4.58. The monoisotopic (exact) mass is 385 g/mol. The van der Waals surface area contributed by atoms with Gasteiger partial charge in [0.1, 0.15) is 13.2 Å². The number of allylic oxidation sites excluding steroid dienone is 4. The first-order valence-electron chi connectivity index (χ1n) is 9.33. The van der Waals surface area contributed by atoms with Crippen LogP contribution in [0.5, 0.6) is 0 Å². The molecular weight excluding hydrogens is 358 g/mol. The minimum atomic E-state index is -1.09. The van der Waals surface area contributed by atoms with Gasteiger partial charge in [-0.25, -0.2) is 4.79 Å². The average molecular weight is 385 g/mol. The zero-order valence-electron chi connectivity index (χ0n) is 16.4. The summed E-state index contributed by atoms with van der Waals surface area (Å²) in [4.78, 5) is 24.7. The maximum absolute atomic E-state index is 12.5. The van der Waals surface area contributed by atoms with Crippen LogP contribution in [0.3, 0.4) is 0 Å². The molecule has 0 aliphatic heterocycles. The number of carboxylic acid groups (broad SMARTS) is 1. The van der Waals surface area contributed by atoms with Crippen molar-refractivity contribution >= 4 is 17.6 Å². The third-order valence-corrected chi connectivity index (χ3v) is 4.58. The molecule has 1 N–H and O–H groups in total. The highest BCUT2D eigenvalue weighted by molar-refractivity contribution is 5.88. The van der Waals surface area contributed by atoms with E-state index in [0.29, 0.717) is 6.61 Å². The molecule has 1 atom stereocenters. The van der Waals surface area contributed by atoms with Crippen molar-refractivity contribution in [2.75, 3.05) is 32.9 Å². The van der Waals surface area contributed by atoms with Gasteiger partial charge in [-0.3, -0.25) is 9.69 Å². The summed E-state index contributed by atoms with van der Waals surface area (Å²) >= 11 is 0. The number of carbonyl (C=O) groups is 2. The Bertz CT molecular complexity index is 781. The van der Waals surface area contributed by atoms with E-state index in [4.69, 9.17) is 14.6 Å². The Balaban J connectivity index is 2.15. The van der Waals surface area contributed by atoms with Gasteiger partial charge in [-0.15, -0.1) is 0 Å². The number of hydrogen-bond donors (Lipinski definition) is 1. The predicted molar refractivity (Wildman–Crippen MR) is 108 cm³/mol. The van der Waals surface area contributed by atoms with Gasteiger partial charge in [0.2, 0.25) is 0 Å². The Morgan fingerprint density at radius 1 is 1.32 bits per heavy atom. The van der Waals surface area contributed by atoms with E-state index in [9.17, 15) is 9.59 Å². The van der Waals surface area contributed by atoms with Crippen molar-refractivity contribution in [2.45, 2.75) is 19.8 Å². The van der Waals surface area contributed by atoms with Gasteiger partial charge in [0, 0.05) is 19.1 Å². The van der Waals surface area contributed by atoms with Gasteiger partial charge < -0.3 is 14.6 Å². The number of benzene rings is 1. The molecule has 1 aromatic rings. The molecule has 0 fully saturated rings. The smallest absolute Gasteiger partial charge is 0.410 e. The van der Waals surface area contributed by atoms with Gasteiger partial charge >= 0.3 is 12.1 Å². The molecule has 1 aliphatic rings. The molecule has 0 bridgehead atoms. The van der Waals surface area contributed by atoms with Gasteiger partial charge in [-0.1, -0.05) is 49.1 Å². The van der Waals surface area contributed by atoms with E-state index in [1.165, 1.54) is 0 Å². The fraction of sp³-hybridized carbons (Fsp3) is 0.364. The molecule has 0 spiro atoms. The van der Waals surface area contributed by atoms with Crippen molar-refractivity contribution in [3.05, 3.63) is 65.8 Å². The summed E-state index contributed by atoms with van der Waals surface area (Å²) in [5, 5.41) is 9.06. The fourth-order valence-corrected chi connectivity index (χ4v) is 3.36. The number of ether oxygens (including phenoxy) is 2. The van der Waals surface area contributed by atoms with Crippen LogP contribution in [0.2, 0.25) is 0 Å². The molecule has 1 aromatic carbocycles. The Hall–Kier alpha value is -2.86. The summed E-state index contributed by atoms with van der Waals surface area (Å²) in [7, 11) is 0. The lowest BCUT2D eigenvalue weighted by atomic mass is 9.97. The van der Waals surface area contributed by atoms with Crippen molar-refractivity contribution in [3.8, 4) is 0 Å². The van der Waals surface area contributed by atoms with Crippen LogP contribution >= 0.6 is 0 Å². The van der Waals surface area contributed by atoms with Gasteiger partial charge in [-0.05, 0) is 36.1 Å². The minimum Gasteiger partial charge on any atom is -0.480 e. The third kappa shape index (κ3) is 5.10. The lowest BCUT2D eigenvalue weighted by Gasteiger charge is -2.22. The standard InChI is InChI=1S/C22H27NO5/c1-4-9-17-16(5-2)20(19-11-8-7-10-18(17)19)15-28-22(26)23(14-21(24)25)12-13-27-6-3/h4-5,7-11,20H,1,6,12-15H2,2-3H3,(H,24,25)/b16-5+,17-9+. The number of aliphatic carboxylic acids is 1. The van der Waals surface area contributed by atoms with Crippen LogP contribution in [0, 0.1) is 0 Å². The topological polar surface area (TPSA) is 76.1 Å². The highest BCUT2D eigenvalue weighted by atomic mass is 16.6. The van der Waals surface area contributed by atoms with Crippen LogP contribution in [-0.4, -0.2) is 55.0 Å². The zero-order chi connectivity index (χ0) is 20.5. The van der Waals surface area contributed by atoms with Gasteiger partial charge in [0.05, 0.1) is 6.61 Å². The lowest BCUT2D eigenvalue weighted by Crippen LogP contribution is -2.39. The average Bonchev–Trinajstić information content (AvgIpc) is 2.98. The van der Waals surface area contributed by atoms with E-state index in [2.05, 4.69) is 6.58 Å². The number of hydrogen-bond acceptors (Lipinski definition) is 4. The molecule has 6 nitrogen and oxygen atoms in total. The first-order valence-corrected chi connectivity index (χ1v) is 9.33. The maximum Gasteiger partial charge on any atom is 0.410 e. The highest BCUT2D eigenvalue weighted by Gasteiger charge is 2.32. The van der Waals surface area contributed by atoms with E-state index in [1.54, 1.807) is 6.08 Å². The molecule has 1 amide bonds. The second-order valence-corrected chi connectivity index (χ2v) is 6.29. The lowest BCUT2D eigenvalue weighted by molar-refractivity contribution is -0.138. The van der Waals surface area contributed by atoms with Crippen LogP contribution in [0.4, 0.5) is 4.79 Å². The summed E-state index contributed by atoms with van der Waals surface area (Å²) in [6, 6.07) is 7.98. The van der Waals surface area contributed by atoms with Crippen molar-refractivity contribution < 1.29 is 24.2 Å². The molecule has 0 heterocycles. The van der Waals surface area contributed by atoms with E-state index in [-0.39, 0.29) is 25.7 Å². The number of carbonyl (C=O) groups excluding carboxylic acids is 1. The van der Waals surface area contributed by atoms with Crippen LogP contribution in [0.25, 0.3) is 5.57 Å². The molecule has 0 radical (unpaired) electrons. The summed E-state index contributed by atoms with van der Waals surface area (Å²) in [6.07, 6.45) is 5.05. The zero-order valence-corrected chi connectivity index (χ0v) is 16.4. The molecule has 6 heteroatoms. The van der Waals surface area contributed by atoms with E-state index < -0.39 is 18.6 Å². The number of carboxylic acids is 1. The number of amides is 1. The highest BCUT2D eigenvalue weighted by Crippen LogP contribution is 2.45. The SMILES string of the molecule is C=C/C=C1\C(=C/C)C(COC(=O)N(CCOCC)CC(=O)O)c2ccccc21. The largest absolute Gasteiger partial charge is 0.480 e. The van der Waals surface area contributed by atoms with Crippen LogP contribution in [-0.2, 0) is 14.3 Å². The van der Waals surface area contributed by atoms with E-state index >= 15 is 0 Å². The Morgan fingerprint density at radius 2 is 2.07 bits per heavy atom. The summed E-state index contributed by atoms with van der Waals surface area (Å²) in [5.74, 6) is -1.19. The minimum absolute atomic E-state index is 0.102. The molecule has 28 heavy (non-hydrogen) atoms. The van der Waals surface area contributed by atoms with Gasteiger partial charge in [0.15, 0.2) is 0 Å². The molecule has 150 valence electrons. The molecular formula is C22H27NO5. The fourth-order valence-electron chi connectivity index (χ4n) is 3.36. The summed E-state index contributed by atoms with van der Waals surface area (Å²) in [6.45, 7) is 8.21. The normalized spacial score (nSPS) is 18.1. The summed E-state index contributed by atoms with van der Waals surface area (Å²) < 4.78 is 10.7. The molecule has 2 rings (SSSR count). The molecule has 1 aliphatic carbocycles. The summed E-state index contributed by atoms with van der Waals surface area (Å²) in [5.41, 5.74) is 4.30. The van der Waals surface area contributed by atoms with Crippen LogP contribution in [0.15, 0.2) is 54.6 Å². The Morgan fingerprint density at radius 3 is 2.71 bits per heavy atom. The second kappa shape index (κ2) is 10.5. The van der Waals surface area contributed by atoms with Gasteiger partial charge in [0.25, 0.3) is 0 Å². The van der Waals surface area contributed by atoms with Crippen LogP contribution < -0.4 is 0 Å². The Kier molecular flexibility index (Phi) is 8.02. The number of rotatable bonds is 9. The first kappa shape index (κ1) is 21.4.